The van der Waals surface area contributed by atoms with E-state index in [1.165, 1.54) is 4.31 Å². The molecule has 1 saturated heterocycles. The predicted octanol–water partition coefficient (Wildman–Crippen LogP) is 1.93. The molecule has 1 aromatic heterocycles. The molecule has 3 rings (SSSR count). The Hall–Kier alpha value is -1.93. The molecule has 0 radical (unpaired) electrons. The number of ether oxygens (including phenoxy) is 1. The van der Waals surface area contributed by atoms with Gasteiger partial charge in [0, 0.05) is 18.5 Å². The Morgan fingerprint density at radius 1 is 1.33 bits per heavy atom. The second kappa shape index (κ2) is 6.90. The number of carbonyl (C=O) groups is 1. The van der Waals surface area contributed by atoms with Gasteiger partial charge in [-0.15, -0.1) is 0 Å². The van der Waals surface area contributed by atoms with Crippen LogP contribution in [0.3, 0.4) is 0 Å². The van der Waals surface area contributed by atoms with Crippen molar-refractivity contribution in [2.24, 2.45) is 5.92 Å². The lowest BCUT2D eigenvalue weighted by Crippen LogP contribution is -2.41. The highest BCUT2D eigenvalue weighted by Crippen LogP contribution is 2.25. The fourth-order valence-electron chi connectivity index (χ4n) is 2.94. The van der Waals surface area contributed by atoms with E-state index in [1.54, 1.807) is 19.1 Å². The molecular weight excluding hydrogens is 332 g/mol. The minimum absolute atomic E-state index is 0.200. The van der Waals surface area contributed by atoms with Gasteiger partial charge in [0.25, 0.3) is 0 Å². The zero-order chi connectivity index (χ0) is 17.2. The van der Waals surface area contributed by atoms with Crippen molar-refractivity contribution in [1.82, 2.24) is 9.46 Å². The van der Waals surface area contributed by atoms with E-state index in [0.29, 0.717) is 49.2 Å². The molecule has 8 heteroatoms. The number of para-hydroxylation sites is 1. The minimum Gasteiger partial charge on any atom is -0.466 e. The largest absolute Gasteiger partial charge is 0.466 e. The first-order chi connectivity index (χ1) is 11.5. The average molecular weight is 352 g/mol. The van der Waals surface area contributed by atoms with Crippen molar-refractivity contribution >= 4 is 27.0 Å². The maximum atomic E-state index is 12.6. The number of benzene rings is 1. The van der Waals surface area contributed by atoms with Crippen LogP contribution in [0.25, 0.3) is 11.0 Å². The topological polar surface area (TPSA) is 89.7 Å². The molecule has 130 valence electrons. The van der Waals surface area contributed by atoms with Crippen molar-refractivity contribution in [2.75, 3.05) is 19.7 Å². The standard InChI is InChI=1S/C16H20N2O5S/c1-2-22-16(19)12-7-9-18(10-8-12)24(20,21)11-14-13-5-3-4-6-15(13)23-17-14/h3-6,12H,2,7-11H2,1H3. The summed E-state index contributed by atoms with van der Waals surface area (Å²) >= 11 is 0. The fourth-order valence-corrected chi connectivity index (χ4v) is 4.44. The van der Waals surface area contributed by atoms with E-state index in [9.17, 15) is 13.2 Å². The summed E-state index contributed by atoms with van der Waals surface area (Å²) in [6.45, 7) is 2.75. The van der Waals surface area contributed by atoms with Gasteiger partial charge in [-0.25, -0.2) is 12.7 Å². The van der Waals surface area contributed by atoms with Crippen LogP contribution in [0.2, 0.25) is 0 Å². The summed E-state index contributed by atoms with van der Waals surface area (Å²) in [4.78, 5) is 11.7. The van der Waals surface area contributed by atoms with E-state index >= 15 is 0 Å². The van der Waals surface area contributed by atoms with Gasteiger partial charge in [0.15, 0.2) is 5.58 Å². The lowest BCUT2D eigenvalue weighted by molar-refractivity contribution is -0.149. The van der Waals surface area contributed by atoms with Crippen LogP contribution >= 0.6 is 0 Å². The number of rotatable bonds is 5. The summed E-state index contributed by atoms with van der Waals surface area (Å²) in [5, 5.41) is 4.60. The zero-order valence-electron chi connectivity index (χ0n) is 13.5. The smallest absolute Gasteiger partial charge is 0.309 e. The molecule has 1 aliphatic heterocycles. The van der Waals surface area contributed by atoms with Gasteiger partial charge >= 0.3 is 5.97 Å². The number of piperidine rings is 1. The lowest BCUT2D eigenvalue weighted by atomic mass is 9.98. The van der Waals surface area contributed by atoms with E-state index in [1.807, 2.05) is 12.1 Å². The Balaban J connectivity index is 1.67. The van der Waals surface area contributed by atoms with Gasteiger partial charge in [0.1, 0.15) is 11.4 Å². The van der Waals surface area contributed by atoms with Crippen molar-refractivity contribution in [2.45, 2.75) is 25.5 Å². The maximum absolute atomic E-state index is 12.6. The van der Waals surface area contributed by atoms with Crippen LogP contribution in [-0.2, 0) is 25.3 Å². The number of nitrogens with zero attached hydrogens (tertiary/aromatic N) is 2. The van der Waals surface area contributed by atoms with Gasteiger partial charge in [-0.05, 0) is 31.9 Å². The van der Waals surface area contributed by atoms with Crippen molar-refractivity contribution in [3.05, 3.63) is 30.0 Å². The lowest BCUT2D eigenvalue weighted by Gasteiger charge is -2.29. The number of carbonyl (C=O) groups excluding carboxylic acids is 1. The second-order valence-electron chi connectivity index (χ2n) is 5.81. The Kier molecular flexibility index (Phi) is 4.86. The summed E-state index contributed by atoms with van der Waals surface area (Å²) in [6.07, 6.45) is 0.968. The Bertz CT molecular complexity index is 822. The third-order valence-corrected chi connectivity index (χ3v) is 6.03. The summed E-state index contributed by atoms with van der Waals surface area (Å²) in [5.74, 6) is -0.657. The van der Waals surface area contributed by atoms with Gasteiger partial charge in [0.2, 0.25) is 10.0 Å². The first kappa shape index (κ1) is 16.9. The van der Waals surface area contributed by atoms with E-state index < -0.39 is 10.0 Å². The number of hydrogen-bond acceptors (Lipinski definition) is 6. The van der Waals surface area contributed by atoms with Gasteiger partial charge in [-0.3, -0.25) is 4.79 Å². The molecule has 1 fully saturated rings. The molecule has 0 aliphatic carbocycles. The van der Waals surface area contributed by atoms with Crippen LogP contribution in [-0.4, -0.2) is 43.5 Å². The molecule has 0 N–H and O–H groups in total. The van der Waals surface area contributed by atoms with Crippen LogP contribution < -0.4 is 0 Å². The van der Waals surface area contributed by atoms with Crippen molar-refractivity contribution < 1.29 is 22.5 Å². The first-order valence-electron chi connectivity index (χ1n) is 7.99. The number of hydrogen-bond donors (Lipinski definition) is 0. The molecule has 24 heavy (non-hydrogen) atoms. The van der Waals surface area contributed by atoms with E-state index in [2.05, 4.69) is 5.16 Å². The fraction of sp³-hybridized carbons (Fsp3) is 0.500. The van der Waals surface area contributed by atoms with E-state index in [4.69, 9.17) is 9.26 Å². The summed E-state index contributed by atoms with van der Waals surface area (Å²) in [6, 6.07) is 7.18. The van der Waals surface area contributed by atoms with Gasteiger partial charge in [0.05, 0.1) is 12.5 Å². The molecule has 0 amide bonds. The molecule has 1 aliphatic rings. The summed E-state index contributed by atoms with van der Waals surface area (Å²) < 4.78 is 36.8. The van der Waals surface area contributed by atoms with E-state index in [-0.39, 0.29) is 17.6 Å². The summed E-state index contributed by atoms with van der Waals surface area (Å²) in [7, 11) is -3.50. The van der Waals surface area contributed by atoms with Crippen LogP contribution in [0.4, 0.5) is 0 Å². The maximum Gasteiger partial charge on any atom is 0.309 e. The third kappa shape index (κ3) is 3.44. The van der Waals surface area contributed by atoms with Crippen LogP contribution in [0.5, 0.6) is 0 Å². The normalized spacial score (nSPS) is 17.2. The Labute approximate surface area is 140 Å². The number of esters is 1. The Morgan fingerprint density at radius 2 is 2.04 bits per heavy atom. The van der Waals surface area contributed by atoms with Crippen LogP contribution in [0.1, 0.15) is 25.5 Å². The van der Waals surface area contributed by atoms with Crippen molar-refractivity contribution in [1.29, 1.82) is 0 Å². The molecule has 0 spiro atoms. The van der Waals surface area contributed by atoms with Crippen molar-refractivity contribution in [3.63, 3.8) is 0 Å². The van der Waals surface area contributed by atoms with Crippen molar-refractivity contribution in [3.8, 4) is 0 Å². The predicted molar refractivity (Wildman–Crippen MR) is 87.6 cm³/mol. The quantitative estimate of drug-likeness (QED) is 0.764. The second-order valence-corrected chi connectivity index (χ2v) is 7.78. The highest BCUT2D eigenvalue weighted by Gasteiger charge is 2.32. The zero-order valence-corrected chi connectivity index (χ0v) is 14.3. The molecule has 0 bridgehead atoms. The van der Waals surface area contributed by atoms with Gasteiger partial charge in [-0.2, -0.15) is 0 Å². The highest BCUT2D eigenvalue weighted by molar-refractivity contribution is 7.88. The highest BCUT2D eigenvalue weighted by atomic mass is 32.2. The van der Waals surface area contributed by atoms with E-state index in [0.717, 1.165) is 0 Å². The minimum atomic E-state index is -3.50. The number of sulfonamides is 1. The molecule has 0 unspecified atom stereocenters. The Morgan fingerprint density at radius 3 is 2.75 bits per heavy atom. The van der Waals surface area contributed by atoms with Gasteiger partial charge in [-0.1, -0.05) is 17.3 Å². The molecular formula is C16H20N2O5S. The molecule has 2 aromatic rings. The molecule has 1 aromatic carbocycles. The SMILES string of the molecule is CCOC(=O)C1CCN(S(=O)(=O)Cc2noc3ccccc23)CC1. The molecule has 2 heterocycles. The monoisotopic (exact) mass is 352 g/mol. The van der Waals surface area contributed by atoms with Crippen LogP contribution in [0, 0.1) is 5.92 Å². The van der Waals surface area contributed by atoms with Crippen LogP contribution in [0.15, 0.2) is 28.8 Å². The first-order valence-corrected chi connectivity index (χ1v) is 9.60. The molecule has 0 saturated carbocycles. The number of aromatic nitrogens is 1. The summed E-state index contributed by atoms with van der Waals surface area (Å²) in [5.41, 5.74) is 0.988. The third-order valence-electron chi connectivity index (χ3n) is 4.24. The average Bonchev–Trinajstić information content (AvgIpc) is 2.98. The number of fused-ring (bicyclic) bond motifs is 1. The molecule has 0 atom stereocenters. The molecule has 7 nitrogen and oxygen atoms in total. The van der Waals surface area contributed by atoms with Gasteiger partial charge < -0.3 is 9.26 Å².